The van der Waals surface area contributed by atoms with Crippen molar-refractivity contribution in [3.8, 4) is 5.75 Å². The first-order valence-electron chi connectivity index (χ1n) is 9.85. The van der Waals surface area contributed by atoms with Crippen LogP contribution in [0.1, 0.15) is 28.7 Å². The van der Waals surface area contributed by atoms with E-state index in [9.17, 15) is 9.90 Å². The molecule has 7 heteroatoms. The number of thiazole rings is 1. The third-order valence-electron chi connectivity index (χ3n) is 4.88. The number of nitrogens with zero attached hydrogens (tertiary/aromatic N) is 2. The Morgan fingerprint density at radius 1 is 1.03 bits per heavy atom. The number of fused-ring (bicyclic) bond motifs is 4. The molecule has 0 aliphatic rings. The Morgan fingerprint density at radius 2 is 1.74 bits per heavy atom. The highest BCUT2D eigenvalue weighted by atomic mass is 32.1. The standard InChI is InChI=1S/C13H13N3S.C11H8O3/c1-2-5-10-16-11-12(17-10)8-6-3-4-7-9(8)15-13(11)14;12-10-8-4-2-1-3-7(8)5-6-9(10)11(13)14/h3-4,6-7H,2,5H2,1H3,(H2,14,15);1-6,12H,(H,13,14)/p-1. The van der Waals surface area contributed by atoms with Gasteiger partial charge in [-0.25, -0.2) is 14.8 Å². The smallest absolute Gasteiger partial charge is 0.335 e. The van der Waals surface area contributed by atoms with Gasteiger partial charge in [0, 0.05) is 5.39 Å². The van der Waals surface area contributed by atoms with Crippen molar-refractivity contribution in [3.05, 3.63) is 71.2 Å². The van der Waals surface area contributed by atoms with E-state index in [1.165, 1.54) is 6.07 Å². The average molecular weight is 431 g/mol. The Bertz CT molecular complexity index is 1410. The monoisotopic (exact) mass is 430 g/mol. The molecule has 156 valence electrons. The fourth-order valence-electron chi connectivity index (χ4n) is 3.40. The highest BCUT2D eigenvalue weighted by molar-refractivity contribution is 7.19. The van der Waals surface area contributed by atoms with E-state index in [0.29, 0.717) is 11.2 Å². The van der Waals surface area contributed by atoms with Crippen LogP contribution < -0.4 is 10.8 Å². The number of anilines is 1. The molecule has 0 aliphatic heterocycles. The number of carboxylic acids is 1. The number of aromatic carboxylic acids is 1. The average Bonchev–Trinajstić information content (AvgIpc) is 3.20. The van der Waals surface area contributed by atoms with E-state index in [2.05, 4.69) is 23.0 Å². The van der Waals surface area contributed by atoms with Gasteiger partial charge in [-0.05, 0) is 35.7 Å². The van der Waals surface area contributed by atoms with Crippen LogP contribution in [-0.2, 0) is 6.42 Å². The summed E-state index contributed by atoms with van der Waals surface area (Å²) in [5, 5.41) is 23.8. The van der Waals surface area contributed by atoms with Crippen LogP contribution in [0.2, 0.25) is 0 Å². The topological polar surface area (TPSA) is 112 Å². The zero-order valence-corrected chi connectivity index (χ0v) is 17.6. The molecule has 0 atom stereocenters. The second-order valence-electron chi connectivity index (χ2n) is 7.02. The lowest BCUT2D eigenvalue weighted by Crippen LogP contribution is -2.03. The van der Waals surface area contributed by atoms with Crippen LogP contribution in [-0.4, -0.2) is 21.0 Å². The minimum Gasteiger partial charge on any atom is -0.871 e. The second kappa shape index (κ2) is 8.57. The maximum absolute atomic E-state index is 11.6. The number of benzene rings is 3. The van der Waals surface area contributed by atoms with Crippen molar-refractivity contribution in [2.45, 2.75) is 19.8 Å². The molecular formula is C24H20N3O3S-. The summed E-state index contributed by atoms with van der Waals surface area (Å²) in [7, 11) is 0. The quantitative estimate of drug-likeness (QED) is 0.417. The number of nitrogen functional groups attached to an aromatic ring is 1. The van der Waals surface area contributed by atoms with Crippen molar-refractivity contribution in [2.75, 3.05) is 5.73 Å². The summed E-state index contributed by atoms with van der Waals surface area (Å²) in [5.41, 5.74) is 7.59. The van der Waals surface area contributed by atoms with Gasteiger partial charge in [-0.15, -0.1) is 11.3 Å². The van der Waals surface area contributed by atoms with Crippen LogP contribution in [0.25, 0.3) is 31.9 Å². The zero-order chi connectivity index (χ0) is 22.0. The lowest BCUT2D eigenvalue weighted by Gasteiger charge is -2.13. The summed E-state index contributed by atoms with van der Waals surface area (Å²) in [6.45, 7) is 2.16. The van der Waals surface area contributed by atoms with Crippen molar-refractivity contribution in [2.24, 2.45) is 0 Å². The molecule has 0 saturated carbocycles. The molecule has 0 unspecified atom stereocenters. The van der Waals surface area contributed by atoms with Gasteiger partial charge in [0.1, 0.15) is 5.52 Å². The van der Waals surface area contributed by atoms with Gasteiger partial charge in [0.2, 0.25) is 0 Å². The normalized spacial score (nSPS) is 10.9. The lowest BCUT2D eigenvalue weighted by molar-refractivity contribution is -0.266. The Hall–Kier alpha value is -3.71. The number of rotatable bonds is 3. The maximum atomic E-state index is 11.6. The molecule has 3 N–H and O–H groups in total. The number of carboxylic acid groups (broad SMARTS) is 1. The van der Waals surface area contributed by atoms with Crippen molar-refractivity contribution in [1.29, 1.82) is 0 Å². The molecule has 0 spiro atoms. The Labute approximate surface area is 182 Å². The molecule has 3 aromatic carbocycles. The number of aromatic nitrogens is 2. The highest BCUT2D eigenvalue weighted by Gasteiger charge is 2.11. The zero-order valence-electron chi connectivity index (χ0n) is 16.8. The van der Waals surface area contributed by atoms with Crippen molar-refractivity contribution < 1.29 is 15.0 Å². The van der Waals surface area contributed by atoms with Crippen molar-refractivity contribution in [1.82, 2.24) is 9.97 Å². The number of hydrogen-bond donors (Lipinski definition) is 2. The van der Waals surface area contributed by atoms with Gasteiger partial charge in [-0.2, -0.15) is 0 Å². The van der Waals surface area contributed by atoms with E-state index in [1.807, 2.05) is 24.3 Å². The molecular weight excluding hydrogens is 410 g/mol. The molecule has 0 saturated heterocycles. The maximum Gasteiger partial charge on any atom is 0.335 e. The SMILES string of the molecule is CCCc1nc2c(N)nc3ccccc3c2s1.O=C(O)c1ccc2ccccc2c1[O-]. The van der Waals surface area contributed by atoms with Gasteiger partial charge in [0.15, 0.2) is 5.82 Å². The first-order valence-corrected chi connectivity index (χ1v) is 10.7. The van der Waals surface area contributed by atoms with Crippen LogP contribution in [0.15, 0.2) is 60.7 Å². The number of para-hydroxylation sites is 1. The summed E-state index contributed by atoms with van der Waals surface area (Å²) in [6, 6.07) is 18.0. The van der Waals surface area contributed by atoms with E-state index >= 15 is 0 Å². The number of carbonyl (C=O) groups is 1. The van der Waals surface area contributed by atoms with E-state index in [4.69, 9.17) is 10.8 Å². The van der Waals surface area contributed by atoms with E-state index < -0.39 is 11.7 Å². The van der Waals surface area contributed by atoms with Crippen LogP contribution in [0, 0.1) is 0 Å². The van der Waals surface area contributed by atoms with Gasteiger partial charge in [-0.3, -0.25) is 0 Å². The third kappa shape index (κ3) is 4.00. The van der Waals surface area contributed by atoms with E-state index in [1.54, 1.807) is 35.6 Å². The van der Waals surface area contributed by atoms with Crippen LogP contribution >= 0.6 is 11.3 Å². The number of aryl methyl sites for hydroxylation is 1. The molecule has 0 aliphatic carbocycles. The Kier molecular flexibility index (Phi) is 5.68. The molecule has 5 rings (SSSR count). The van der Waals surface area contributed by atoms with Crippen molar-refractivity contribution >= 4 is 55.0 Å². The molecule has 5 aromatic rings. The van der Waals surface area contributed by atoms with Gasteiger partial charge < -0.3 is 15.9 Å². The molecule has 0 bridgehead atoms. The number of nitrogens with two attached hydrogens (primary N) is 1. The Morgan fingerprint density at radius 3 is 2.48 bits per heavy atom. The number of pyridine rings is 1. The van der Waals surface area contributed by atoms with Gasteiger partial charge in [0.05, 0.1) is 20.8 Å². The largest absolute Gasteiger partial charge is 0.871 e. The van der Waals surface area contributed by atoms with Crippen molar-refractivity contribution in [3.63, 3.8) is 0 Å². The predicted octanol–water partition coefficient (Wildman–Crippen LogP) is 4.99. The molecule has 6 nitrogen and oxygen atoms in total. The van der Waals surface area contributed by atoms with Crippen LogP contribution in [0.3, 0.4) is 0 Å². The minimum absolute atomic E-state index is 0.177. The van der Waals surface area contributed by atoms with Crippen LogP contribution in [0.5, 0.6) is 5.75 Å². The lowest BCUT2D eigenvalue weighted by atomic mass is 10.1. The van der Waals surface area contributed by atoms with E-state index in [-0.39, 0.29) is 5.56 Å². The summed E-state index contributed by atoms with van der Waals surface area (Å²) >= 11 is 1.73. The fourth-order valence-corrected chi connectivity index (χ4v) is 4.61. The summed E-state index contributed by atoms with van der Waals surface area (Å²) in [6.07, 6.45) is 2.11. The van der Waals surface area contributed by atoms with Gasteiger partial charge in [0.25, 0.3) is 0 Å². The highest BCUT2D eigenvalue weighted by Crippen LogP contribution is 2.32. The number of hydrogen-bond acceptors (Lipinski definition) is 6. The summed E-state index contributed by atoms with van der Waals surface area (Å²) < 4.78 is 1.16. The molecule has 0 amide bonds. The first kappa shape index (κ1) is 20.6. The molecule has 2 heterocycles. The molecule has 0 fully saturated rings. The van der Waals surface area contributed by atoms with E-state index in [0.717, 1.165) is 44.4 Å². The van der Waals surface area contributed by atoms with Gasteiger partial charge >= 0.3 is 5.97 Å². The fraction of sp³-hybridized carbons (Fsp3) is 0.125. The molecule has 0 radical (unpaired) electrons. The van der Waals surface area contributed by atoms with Crippen LogP contribution in [0.4, 0.5) is 5.82 Å². The van der Waals surface area contributed by atoms with Gasteiger partial charge in [-0.1, -0.05) is 61.2 Å². The molecule has 2 aromatic heterocycles. The predicted molar refractivity (Wildman–Crippen MR) is 124 cm³/mol. The first-order chi connectivity index (χ1) is 15.0. The Balaban J connectivity index is 0.000000152. The molecule has 31 heavy (non-hydrogen) atoms. The minimum atomic E-state index is -1.18. The summed E-state index contributed by atoms with van der Waals surface area (Å²) in [5.74, 6) is -1.06. The third-order valence-corrected chi connectivity index (χ3v) is 6.03. The second-order valence-corrected chi connectivity index (χ2v) is 8.10. The summed E-state index contributed by atoms with van der Waals surface area (Å²) in [4.78, 5) is 19.6.